The molecule has 4 heteroatoms. The topological polar surface area (TPSA) is 31.4 Å². The molecule has 2 rings (SSSR count). The maximum absolute atomic E-state index is 5.69. The molecule has 0 saturated carbocycles. The summed E-state index contributed by atoms with van der Waals surface area (Å²) >= 11 is 5.69. The molecular weight excluding hydrogens is 178 g/mol. The molecule has 1 aromatic rings. The summed E-state index contributed by atoms with van der Waals surface area (Å²) in [7, 11) is 0. The Morgan fingerprint density at radius 3 is 2.92 bits per heavy atom. The third-order valence-corrected chi connectivity index (χ3v) is 1.77. The second-order valence-corrected chi connectivity index (χ2v) is 2.84. The molecule has 12 heavy (non-hydrogen) atoms. The smallest absolute Gasteiger partial charge is 0.185 e. The lowest BCUT2D eigenvalue weighted by Gasteiger charge is -2.07. The molecular formula is C8H7ClNO2. The Morgan fingerprint density at radius 2 is 2.25 bits per heavy atom. The summed E-state index contributed by atoms with van der Waals surface area (Å²) in [6.07, 6.45) is 3.94. The van der Waals surface area contributed by atoms with Crippen molar-refractivity contribution in [2.75, 3.05) is 13.2 Å². The van der Waals surface area contributed by atoms with Crippen LogP contribution in [0.2, 0.25) is 5.02 Å². The highest BCUT2D eigenvalue weighted by molar-refractivity contribution is 6.30. The largest absolute Gasteiger partial charge is 0.346 e. The highest BCUT2D eigenvalue weighted by atomic mass is 35.5. The average molecular weight is 185 g/mol. The molecule has 0 spiro atoms. The van der Waals surface area contributed by atoms with E-state index in [1.54, 1.807) is 12.3 Å². The summed E-state index contributed by atoms with van der Waals surface area (Å²) < 4.78 is 10.5. The minimum atomic E-state index is -0.301. The molecule has 63 valence electrons. The Kier molecular flexibility index (Phi) is 2.26. The third-order valence-electron chi connectivity index (χ3n) is 1.57. The predicted molar refractivity (Wildman–Crippen MR) is 42.7 cm³/mol. The highest BCUT2D eigenvalue weighted by Crippen LogP contribution is 2.23. The van der Waals surface area contributed by atoms with Crippen molar-refractivity contribution < 1.29 is 9.47 Å². The van der Waals surface area contributed by atoms with Gasteiger partial charge in [0.25, 0.3) is 0 Å². The van der Waals surface area contributed by atoms with Crippen molar-refractivity contribution in [3.8, 4) is 0 Å². The van der Waals surface area contributed by atoms with Gasteiger partial charge in [0.05, 0.1) is 18.2 Å². The summed E-state index contributed by atoms with van der Waals surface area (Å²) in [6.45, 7) is 1.25. The van der Waals surface area contributed by atoms with Gasteiger partial charge in [0.2, 0.25) is 0 Å². The van der Waals surface area contributed by atoms with Crippen molar-refractivity contribution >= 4 is 11.6 Å². The monoisotopic (exact) mass is 184 g/mol. The molecule has 1 aliphatic rings. The fraction of sp³-hybridized carbons (Fsp3) is 0.375. The summed E-state index contributed by atoms with van der Waals surface area (Å²) in [4.78, 5) is 3.81. The van der Waals surface area contributed by atoms with E-state index in [1.165, 1.54) is 0 Å². The van der Waals surface area contributed by atoms with Crippen molar-refractivity contribution in [2.45, 2.75) is 6.29 Å². The molecule has 1 aliphatic heterocycles. The van der Waals surface area contributed by atoms with Crippen LogP contribution in [-0.4, -0.2) is 18.2 Å². The second kappa shape index (κ2) is 3.39. The first kappa shape index (κ1) is 7.98. The first-order chi connectivity index (χ1) is 5.86. The van der Waals surface area contributed by atoms with E-state index in [0.29, 0.717) is 18.2 Å². The number of hydrogen-bond donors (Lipinski definition) is 0. The average Bonchev–Trinajstić information content (AvgIpc) is 2.56. The predicted octanol–water partition coefficient (Wildman–Crippen LogP) is 1.58. The van der Waals surface area contributed by atoms with Crippen LogP contribution in [0.5, 0.6) is 0 Å². The number of nitrogens with zero attached hydrogens (tertiary/aromatic N) is 1. The van der Waals surface area contributed by atoms with Crippen LogP contribution >= 0.6 is 11.6 Å². The van der Waals surface area contributed by atoms with Crippen LogP contribution in [0.4, 0.5) is 0 Å². The molecule has 0 N–H and O–H groups in total. The van der Waals surface area contributed by atoms with Crippen LogP contribution in [0.15, 0.2) is 12.3 Å². The summed E-state index contributed by atoms with van der Waals surface area (Å²) in [5.41, 5.74) is 0.844. The van der Waals surface area contributed by atoms with E-state index in [0.717, 1.165) is 5.56 Å². The lowest BCUT2D eigenvalue weighted by molar-refractivity contribution is -0.0443. The van der Waals surface area contributed by atoms with Gasteiger partial charge in [0, 0.05) is 11.8 Å². The molecule has 2 heterocycles. The fourth-order valence-electron chi connectivity index (χ4n) is 1.06. The number of aromatic nitrogens is 1. The van der Waals surface area contributed by atoms with Gasteiger partial charge in [-0.3, -0.25) is 4.98 Å². The third kappa shape index (κ3) is 1.58. The Balaban J connectivity index is 2.21. The lowest BCUT2D eigenvalue weighted by atomic mass is 10.3. The number of hydrogen-bond acceptors (Lipinski definition) is 3. The van der Waals surface area contributed by atoms with Gasteiger partial charge in [-0.15, -0.1) is 0 Å². The number of pyridine rings is 1. The van der Waals surface area contributed by atoms with E-state index >= 15 is 0 Å². The SMILES string of the molecule is Clc1[c]ncc(C2OCCO2)c1. The van der Waals surface area contributed by atoms with Gasteiger partial charge in [0.1, 0.15) is 6.20 Å². The Morgan fingerprint density at radius 1 is 1.50 bits per heavy atom. The molecule has 0 aliphatic carbocycles. The zero-order valence-electron chi connectivity index (χ0n) is 6.29. The Bertz CT molecular complexity index is 274. The van der Waals surface area contributed by atoms with E-state index in [9.17, 15) is 0 Å². The van der Waals surface area contributed by atoms with Crippen LogP contribution in [0.1, 0.15) is 11.9 Å². The van der Waals surface area contributed by atoms with Crippen LogP contribution < -0.4 is 0 Å². The van der Waals surface area contributed by atoms with Crippen LogP contribution in [0, 0.1) is 6.20 Å². The van der Waals surface area contributed by atoms with Crippen molar-refractivity contribution in [1.82, 2.24) is 4.98 Å². The van der Waals surface area contributed by atoms with E-state index in [2.05, 4.69) is 11.2 Å². The summed E-state index contributed by atoms with van der Waals surface area (Å²) in [5, 5.41) is 0.478. The zero-order chi connectivity index (χ0) is 8.39. The van der Waals surface area contributed by atoms with E-state index < -0.39 is 0 Å². The lowest BCUT2D eigenvalue weighted by Crippen LogP contribution is -1.98. The van der Waals surface area contributed by atoms with Gasteiger partial charge in [0.15, 0.2) is 6.29 Å². The van der Waals surface area contributed by atoms with Gasteiger partial charge >= 0.3 is 0 Å². The van der Waals surface area contributed by atoms with Crippen molar-refractivity contribution in [3.05, 3.63) is 29.0 Å². The van der Waals surface area contributed by atoms with Crippen LogP contribution in [0.3, 0.4) is 0 Å². The Labute approximate surface area is 75.3 Å². The molecule has 0 bridgehead atoms. The van der Waals surface area contributed by atoms with E-state index in [4.69, 9.17) is 21.1 Å². The normalized spacial score (nSPS) is 18.4. The minimum absolute atomic E-state index is 0.301. The number of rotatable bonds is 1. The minimum Gasteiger partial charge on any atom is -0.346 e. The summed E-state index contributed by atoms with van der Waals surface area (Å²) in [5.74, 6) is 0. The molecule has 1 aromatic heterocycles. The molecule has 0 unspecified atom stereocenters. The maximum atomic E-state index is 5.69. The van der Waals surface area contributed by atoms with Gasteiger partial charge in [-0.25, -0.2) is 0 Å². The van der Waals surface area contributed by atoms with Gasteiger partial charge < -0.3 is 9.47 Å². The first-order valence-corrected chi connectivity index (χ1v) is 4.00. The standard InChI is InChI=1S/C8H7ClNO2/c9-7-3-6(4-10-5-7)8-11-1-2-12-8/h3-4,8H,1-2H2. The number of ether oxygens (including phenoxy) is 2. The second-order valence-electron chi connectivity index (χ2n) is 2.44. The van der Waals surface area contributed by atoms with Crippen molar-refractivity contribution in [3.63, 3.8) is 0 Å². The highest BCUT2D eigenvalue weighted by Gasteiger charge is 2.18. The quantitative estimate of drug-likeness (QED) is 0.664. The van der Waals surface area contributed by atoms with Crippen molar-refractivity contribution in [2.24, 2.45) is 0 Å². The van der Waals surface area contributed by atoms with Crippen molar-refractivity contribution in [1.29, 1.82) is 0 Å². The van der Waals surface area contributed by atoms with Gasteiger partial charge in [-0.2, -0.15) is 0 Å². The first-order valence-electron chi connectivity index (χ1n) is 3.62. The summed E-state index contributed by atoms with van der Waals surface area (Å²) in [6, 6.07) is 1.74. The Hall–Kier alpha value is -0.640. The molecule has 0 amide bonds. The molecule has 1 fully saturated rings. The number of halogens is 1. The van der Waals surface area contributed by atoms with Crippen LogP contribution in [0.25, 0.3) is 0 Å². The van der Waals surface area contributed by atoms with Crippen LogP contribution in [-0.2, 0) is 9.47 Å². The maximum Gasteiger partial charge on any atom is 0.185 e. The molecule has 3 nitrogen and oxygen atoms in total. The fourth-order valence-corrected chi connectivity index (χ4v) is 1.24. The molecule has 0 aromatic carbocycles. The molecule has 0 atom stereocenters. The van der Waals surface area contributed by atoms with Gasteiger partial charge in [-0.05, 0) is 6.07 Å². The zero-order valence-corrected chi connectivity index (χ0v) is 7.04. The molecule has 1 radical (unpaired) electrons. The van der Waals surface area contributed by atoms with E-state index in [-0.39, 0.29) is 6.29 Å². The van der Waals surface area contributed by atoms with Gasteiger partial charge in [-0.1, -0.05) is 11.6 Å². The molecule has 1 saturated heterocycles. The van der Waals surface area contributed by atoms with E-state index in [1.807, 2.05) is 0 Å².